The van der Waals surface area contributed by atoms with E-state index in [1.54, 1.807) is 49.6 Å². The Hall–Kier alpha value is -1.85. The summed E-state index contributed by atoms with van der Waals surface area (Å²) in [6.45, 7) is 2.19. The molecule has 1 atom stereocenters. The molecule has 0 aliphatic heterocycles. The second-order valence-electron chi connectivity index (χ2n) is 4.59. The van der Waals surface area contributed by atoms with Crippen molar-refractivity contribution < 1.29 is 14.6 Å². The highest BCUT2D eigenvalue weighted by molar-refractivity contribution is 7.09. The summed E-state index contributed by atoms with van der Waals surface area (Å²) in [6.07, 6.45) is 0. The second-order valence-corrected chi connectivity index (χ2v) is 5.62. The van der Waals surface area contributed by atoms with Gasteiger partial charge in [-0.2, -0.15) is 0 Å². The van der Waals surface area contributed by atoms with Gasteiger partial charge in [0, 0.05) is 11.4 Å². The van der Waals surface area contributed by atoms with Crippen LogP contribution in [0.4, 0.5) is 0 Å². The number of ether oxygens (including phenoxy) is 1. The summed E-state index contributed by atoms with van der Waals surface area (Å²) in [7, 11) is 1.58. The molecule has 0 saturated carbocycles. The molecule has 0 aliphatic carbocycles. The predicted molar refractivity (Wildman–Crippen MR) is 79.1 cm³/mol. The van der Waals surface area contributed by atoms with Gasteiger partial charge >= 0.3 is 5.97 Å². The van der Waals surface area contributed by atoms with Crippen LogP contribution in [-0.4, -0.2) is 18.2 Å². The molecular formula is C15H17NO3S. The van der Waals surface area contributed by atoms with E-state index in [9.17, 15) is 9.90 Å². The number of carbonyl (C=O) groups is 1. The molecule has 0 amide bonds. The first-order valence-corrected chi connectivity index (χ1v) is 7.09. The maximum atomic E-state index is 11.6. The molecular weight excluding hydrogens is 274 g/mol. The Labute approximate surface area is 122 Å². The summed E-state index contributed by atoms with van der Waals surface area (Å²) in [5.41, 5.74) is -0.432. The van der Waals surface area contributed by atoms with E-state index in [-0.39, 0.29) is 0 Å². The van der Waals surface area contributed by atoms with Crippen LogP contribution in [-0.2, 0) is 16.9 Å². The number of benzene rings is 1. The molecule has 106 valence electrons. The third-order valence-electron chi connectivity index (χ3n) is 3.29. The van der Waals surface area contributed by atoms with Gasteiger partial charge < -0.3 is 9.84 Å². The molecule has 2 N–H and O–H groups in total. The number of hydrogen-bond donors (Lipinski definition) is 2. The monoisotopic (exact) mass is 291 g/mol. The molecule has 0 bridgehead atoms. The average molecular weight is 291 g/mol. The zero-order chi connectivity index (χ0) is 14.6. The van der Waals surface area contributed by atoms with Crippen molar-refractivity contribution in [3.05, 3.63) is 52.2 Å². The van der Waals surface area contributed by atoms with Crippen molar-refractivity contribution in [2.75, 3.05) is 7.11 Å². The smallest absolute Gasteiger partial charge is 0.328 e. The van der Waals surface area contributed by atoms with Gasteiger partial charge in [-0.05, 0) is 36.1 Å². The van der Waals surface area contributed by atoms with Crippen LogP contribution in [0.1, 0.15) is 17.4 Å². The molecule has 1 aromatic carbocycles. The fourth-order valence-corrected chi connectivity index (χ4v) is 2.55. The molecule has 2 rings (SSSR count). The number of carboxylic acid groups (broad SMARTS) is 1. The van der Waals surface area contributed by atoms with Gasteiger partial charge in [-0.1, -0.05) is 18.2 Å². The zero-order valence-corrected chi connectivity index (χ0v) is 12.2. The summed E-state index contributed by atoms with van der Waals surface area (Å²) in [5.74, 6) is -0.195. The molecule has 4 nitrogen and oxygen atoms in total. The van der Waals surface area contributed by atoms with Crippen LogP contribution in [0.3, 0.4) is 0 Å². The van der Waals surface area contributed by atoms with Gasteiger partial charge in [0.15, 0.2) is 0 Å². The number of thiophene rings is 1. The summed E-state index contributed by atoms with van der Waals surface area (Å²) in [6, 6.07) is 11.0. The lowest BCUT2D eigenvalue weighted by molar-refractivity contribution is -0.144. The van der Waals surface area contributed by atoms with Crippen molar-refractivity contribution in [1.82, 2.24) is 5.32 Å². The molecule has 1 aromatic heterocycles. The van der Waals surface area contributed by atoms with E-state index in [0.717, 1.165) is 4.88 Å². The first kappa shape index (κ1) is 14.6. The second kappa shape index (κ2) is 6.07. The molecule has 0 fully saturated rings. The van der Waals surface area contributed by atoms with E-state index in [0.29, 0.717) is 17.9 Å². The van der Waals surface area contributed by atoms with Gasteiger partial charge in [-0.3, -0.25) is 5.32 Å². The van der Waals surface area contributed by atoms with Crippen molar-refractivity contribution in [1.29, 1.82) is 0 Å². The normalized spacial score (nSPS) is 13.7. The van der Waals surface area contributed by atoms with E-state index in [1.807, 2.05) is 17.5 Å². The van der Waals surface area contributed by atoms with Crippen LogP contribution in [0.5, 0.6) is 5.75 Å². The first-order valence-electron chi connectivity index (χ1n) is 6.21. The lowest BCUT2D eigenvalue weighted by atomic mass is 9.92. The number of nitrogens with one attached hydrogen (secondary N) is 1. The Morgan fingerprint density at radius 3 is 2.55 bits per heavy atom. The Morgan fingerprint density at radius 2 is 2.05 bits per heavy atom. The summed E-state index contributed by atoms with van der Waals surface area (Å²) >= 11 is 1.60. The van der Waals surface area contributed by atoms with Gasteiger partial charge in [-0.25, -0.2) is 4.79 Å². The largest absolute Gasteiger partial charge is 0.497 e. The Bertz CT molecular complexity index is 565. The molecule has 0 aliphatic rings. The third kappa shape index (κ3) is 3.00. The highest BCUT2D eigenvalue weighted by Crippen LogP contribution is 2.24. The fourth-order valence-electron chi connectivity index (χ4n) is 1.90. The van der Waals surface area contributed by atoms with Crippen molar-refractivity contribution in [3.8, 4) is 5.75 Å². The fraction of sp³-hybridized carbons (Fsp3) is 0.267. The highest BCUT2D eigenvalue weighted by atomic mass is 32.1. The first-order chi connectivity index (χ1) is 9.56. The lowest BCUT2D eigenvalue weighted by Crippen LogP contribution is -2.46. The minimum absolute atomic E-state index is 0.520. The van der Waals surface area contributed by atoms with Crippen LogP contribution in [0, 0.1) is 0 Å². The maximum Gasteiger partial charge on any atom is 0.328 e. The van der Waals surface area contributed by atoms with E-state index >= 15 is 0 Å². The van der Waals surface area contributed by atoms with Crippen molar-refractivity contribution in [2.45, 2.75) is 19.0 Å². The third-order valence-corrected chi connectivity index (χ3v) is 4.17. The van der Waals surface area contributed by atoms with E-state index in [1.165, 1.54) is 0 Å². The number of rotatable bonds is 6. The van der Waals surface area contributed by atoms with Gasteiger partial charge in [-0.15, -0.1) is 11.3 Å². The Balaban J connectivity index is 2.21. The molecule has 0 spiro atoms. The molecule has 0 saturated heterocycles. The van der Waals surface area contributed by atoms with Gasteiger partial charge in [0.1, 0.15) is 11.3 Å². The Morgan fingerprint density at radius 1 is 1.35 bits per heavy atom. The van der Waals surface area contributed by atoms with Crippen LogP contribution in [0.2, 0.25) is 0 Å². The minimum atomic E-state index is -1.13. The van der Waals surface area contributed by atoms with Gasteiger partial charge in [0.2, 0.25) is 0 Å². The summed E-state index contributed by atoms with van der Waals surface area (Å²) in [4.78, 5) is 12.7. The predicted octanol–water partition coefficient (Wildman–Crippen LogP) is 2.85. The van der Waals surface area contributed by atoms with Crippen LogP contribution in [0.25, 0.3) is 0 Å². The average Bonchev–Trinajstić information content (AvgIpc) is 2.98. The molecule has 5 heteroatoms. The van der Waals surface area contributed by atoms with Crippen LogP contribution < -0.4 is 10.1 Å². The summed E-state index contributed by atoms with van der Waals surface area (Å²) in [5, 5.41) is 14.6. The van der Waals surface area contributed by atoms with Crippen molar-refractivity contribution >= 4 is 17.3 Å². The molecule has 1 unspecified atom stereocenters. The minimum Gasteiger partial charge on any atom is -0.497 e. The van der Waals surface area contributed by atoms with Crippen molar-refractivity contribution in [3.63, 3.8) is 0 Å². The molecule has 0 radical (unpaired) electrons. The van der Waals surface area contributed by atoms with Crippen molar-refractivity contribution in [2.24, 2.45) is 0 Å². The SMILES string of the molecule is COc1ccc(C(C)(NCc2cccs2)C(=O)O)cc1. The Kier molecular flexibility index (Phi) is 4.42. The summed E-state index contributed by atoms with van der Waals surface area (Å²) < 4.78 is 5.10. The number of hydrogen-bond acceptors (Lipinski definition) is 4. The zero-order valence-electron chi connectivity index (χ0n) is 11.4. The maximum absolute atomic E-state index is 11.6. The van der Waals surface area contributed by atoms with E-state index in [2.05, 4.69) is 5.32 Å². The quantitative estimate of drug-likeness (QED) is 0.859. The molecule has 20 heavy (non-hydrogen) atoms. The van der Waals surface area contributed by atoms with Gasteiger partial charge in [0.05, 0.1) is 7.11 Å². The van der Waals surface area contributed by atoms with Crippen LogP contribution in [0.15, 0.2) is 41.8 Å². The van der Waals surface area contributed by atoms with Gasteiger partial charge in [0.25, 0.3) is 0 Å². The highest BCUT2D eigenvalue weighted by Gasteiger charge is 2.34. The number of aliphatic carboxylic acids is 1. The van der Waals surface area contributed by atoms with Crippen LogP contribution >= 0.6 is 11.3 Å². The topological polar surface area (TPSA) is 58.6 Å². The lowest BCUT2D eigenvalue weighted by Gasteiger charge is -2.27. The molecule has 2 aromatic rings. The van der Waals surface area contributed by atoms with E-state index in [4.69, 9.17) is 4.74 Å². The number of methoxy groups -OCH3 is 1. The number of carboxylic acids is 1. The molecule has 1 heterocycles. The standard InChI is InChI=1S/C15H17NO3S/c1-15(14(17)18,16-10-13-4-3-9-20-13)11-5-7-12(19-2)8-6-11/h3-9,16H,10H2,1-2H3,(H,17,18). The van der Waals surface area contributed by atoms with E-state index < -0.39 is 11.5 Å².